The fourth-order valence-electron chi connectivity index (χ4n) is 1.77. The van der Waals surface area contributed by atoms with Gasteiger partial charge in [-0.05, 0) is 31.4 Å². The van der Waals surface area contributed by atoms with Crippen molar-refractivity contribution in [3.63, 3.8) is 0 Å². The summed E-state index contributed by atoms with van der Waals surface area (Å²) in [6, 6.07) is 3.05. The summed E-state index contributed by atoms with van der Waals surface area (Å²) in [6.07, 6.45) is 2.30. The van der Waals surface area contributed by atoms with Crippen LogP contribution in [0.4, 0.5) is 20.5 Å². The van der Waals surface area contributed by atoms with Crippen molar-refractivity contribution in [1.82, 2.24) is 15.5 Å². The van der Waals surface area contributed by atoms with Crippen molar-refractivity contribution in [3.05, 3.63) is 35.2 Å². The summed E-state index contributed by atoms with van der Waals surface area (Å²) >= 11 is 0. The molecule has 1 fully saturated rings. The lowest BCUT2D eigenvalue weighted by atomic mass is 10.2. The Morgan fingerprint density at radius 2 is 2.10 bits per heavy atom. The number of aromatic nitrogens is 2. The summed E-state index contributed by atoms with van der Waals surface area (Å²) in [5, 5.41) is 13.2. The van der Waals surface area contributed by atoms with Crippen LogP contribution in [-0.4, -0.2) is 16.2 Å². The third kappa shape index (κ3) is 2.77. The van der Waals surface area contributed by atoms with Gasteiger partial charge in [0, 0.05) is 6.04 Å². The third-order valence-corrected chi connectivity index (χ3v) is 3.10. The second-order valence-electron chi connectivity index (χ2n) is 4.83. The topological polar surface area (TPSA) is 63.0 Å². The number of halogens is 2. The quantitative estimate of drug-likeness (QED) is 0.881. The van der Waals surface area contributed by atoms with Crippen molar-refractivity contribution in [3.8, 4) is 0 Å². The minimum Gasteiger partial charge on any atom is -0.406 e. The Morgan fingerprint density at radius 1 is 1.30 bits per heavy atom. The van der Waals surface area contributed by atoms with E-state index in [0.29, 0.717) is 24.0 Å². The molecule has 3 rings (SSSR count). The molecule has 1 aromatic carbocycles. The molecule has 1 aliphatic rings. The fraction of sp³-hybridized carbons (Fsp3) is 0.385. The van der Waals surface area contributed by atoms with Crippen LogP contribution in [0.2, 0.25) is 0 Å². The molecule has 0 unspecified atom stereocenters. The second kappa shape index (κ2) is 5.16. The van der Waals surface area contributed by atoms with Gasteiger partial charge in [-0.25, -0.2) is 8.78 Å². The predicted octanol–water partition coefficient (Wildman–Crippen LogP) is 2.65. The van der Waals surface area contributed by atoms with Gasteiger partial charge in [0.25, 0.3) is 0 Å². The van der Waals surface area contributed by atoms with Crippen LogP contribution in [0.25, 0.3) is 0 Å². The van der Waals surface area contributed by atoms with E-state index in [1.807, 2.05) is 0 Å². The summed E-state index contributed by atoms with van der Waals surface area (Å²) < 4.78 is 32.7. The van der Waals surface area contributed by atoms with E-state index < -0.39 is 11.6 Å². The maximum atomic E-state index is 13.8. The van der Waals surface area contributed by atoms with Crippen LogP contribution in [0, 0.1) is 18.6 Å². The molecule has 20 heavy (non-hydrogen) atoms. The highest BCUT2D eigenvalue weighted by molar-refractivity contribution is 5.55. The summed E-state index contributed by atoms with van der Waals surface area (Å²) in [7, 11) is 0. The highest BCUT2D eigenvalue weighted by Gasteiger charge is 2.21. The number of aryl methyl sites for hydroxylation is 1. The number of nitrogens with one attached hydrogen (secondary N) is 2. The fourth-order valence-corrected chi connectivity index (χ4v) is 1.77. The van der Waals surface area contributed by atoms with E-state index in [4.69, 9.17) is 4.42 Å². The summed E-state index contributed by atoms with van der Waals surface area (Å²) in [5.74, 6) is -0.988. The van der Waals surface area contributed by atoms with Gasteiger partial charge in [0.05, 0.1) is 6.54 Å². The number of rotatable bonds is 5. The maximum Gasteiger partial charge on any atom is 0.320 e. The number of nitrogens with zero attached hydrogens (tertiary/aromatic N) is 2. The van der Waals surface area contributed by atoms with E-state index in [9.17, 15) is 8.78 Å². The minimum absolute atomic E-state index is 0.0269. The summed E-state index contributed by atoms with van der Waals surface area (Å²) in [6.45, 7) is 2.01. The molecule has 1 aromatic heterocycles. The summed E-state index contributed by atoms with van der Waals surface area (Å²) in [5.41, 5.74) is 0.0550. The number of hydrogen-bond acceptors (Lipinski definition) is 5. The molecule has 0 aliphatic heterocycles. The van der Waals surface area contributed by atoms with Crippen molar-refractivity contribution < 1.29 is 13.2 Å². The van der Waals surface area contributed by atoms with Gasteiger partial charge in [-0.15, -0.1) is 5.10 Å². The molecule has 2 aromatic rings. The van der Waals surface area contributed by atoms with Gasteiger partial charge in [-0.2, -0.15) is 0 Å². The molecule has 0 radical (unpaired) electrons. The molecule has 0 atom stereocenters. The second-order valence-corrected chi connectivity index (χ2v) is 4.83. The Labute approximate surface area is 114 Å². The minimum atomic E-state index is -0.705. The van der Waals surface area contributed by atoms with Crippen LogP contribution in [0.1, 0.15) is 24.3 Å². The van der Waals surface area contributed by atoms with Gasteiger partial charge in [0.1, 0.15) is 11.5 Å². The smallest absolute Gasteiger partial charge is 0.320 e. The van der Waals surface area contributed by atoms with Crippen LogP contribution in [0.3, 0.4) is 0 Å². The lowest BCUT2D eigenvalue weighted by Crippen LogP contribution is -2.15. The molecule has 1 heterocycles. The van der Waals surface area contributed by atoms with E-state index in [-0.39, 0.29) is 11.7 Å². The normalized spacial score (nSPS) is 14.6. The number of hydrogen-bond donors (Lipinski definition) is 2. The van der Waals surface area contributed by atoms with Gasteiger partial charge in [0.15, 0.2) is 5.82 Å². The first-order chi connectivity index (χ1) is 9.63. The van der Waals surface area contributed by atoms with E-state index in [2.05, 4.69) is 20.8 Å². The van der Waals surface area contributed by atoms with Gasteiger partial charge >= 0.3 is 6.01 Å². The lowest BCUT2D eigenvalue weighted by Gasteiger charge is -2.06. The molecular formula is C13H14F2N4O. The average Bonchev–Trinajstić information content (AvgIpc) is 3.16. The van der Waals surface area contributed by atoms with Crippen molar-refractivity contribution in [1.29, 1.82) is 0 Å². The van der Waals surface area contributed by atoms with Crippen molar-refractivity contribution in [2.45, 2.75) is 32.4 Å². The molecular weight excluding hydrogens is 266 g/mol. The van der Waals surface area contributed by atoms with Crippen molar-refractivity contribution in [2.24, 2.45) is 0 Å². The van der Waals surface area contributed by atoms with Crippen LogP contribution < -0.4 is 10.6 Å². The Morgan fingerprint density at radius 3 is 2.85 bits per heavy atom. The Hall–Kier alpha value is -2.02. The number of benzene rings is 1. The van der Waals surface area contributed by atoms with Crippen molar-refractivity contribution in [2.75, 3.05) is 5.32 Å². The zero-order chi connectivity index (χ0) is 14.1. The zero-order valence-corrected chi connectivity index (χ0v) is 10.9. The van der Waals surface area contributed by atoms with Crippen LogP contribution >= 0.6 is 0 Å². The molecule has 1 saturated carbocycles. The predicted molar refractivity (Wildman–Crippen MR) is 68.5 cm³/mol. The Balaban J connectivity index is 1.72. The molecule has 0 bridgehead atoms. The molecule has 2 N–H and O–H groups in total. The van der Waals surface area contributed by atoms with E-state index in [1.165, 1.54) is 12.1 Å². The average molecular weight is 280 g/mol. The highest BCUT2D eigenvalue weighted by Crippen LogP contribution is 2.25. The first-order valence-electron chi connectivity index (χ1n) is 6.41. The van der Waals surface area contributed by atoms with Crippen LogP contribution in [0.15, 0.2) is 16.5 Å². The maximum absolute atomic E-state index is 13.8. The SMILES string of the molecule is Cc1ccc(F)c(Nc2nnc(CNC3CC3)o2)c1F. The van der Waals surface area contributed by atoms with Crippen LogP contribution in [-0.2, 0) is 6.54 Å². The van der Waals surface area contributed by atoms with Gasteiger partial charge in [-0.1, -0.05) is 11.2 Å². The molecule has 0 spiro atoms. The monoisotopic (exact) mass is 280 g/mol. The molecule has 0 amide bonds. The number of anilines is 2. The first-order valence-corrected chi connectivity index (χ1v) is 6.41. The van der Waals surface area contributed by atoms with E-state index >= 15 is 0 Å². The third-order valence-electron chi connectivity index (χ3n) is 3.10. The molecule has 7 heteroatoms. The van der Waals surface area contributed by atoms with Crippen molar-refractivity contribution >= 4 is 11.7 Å². The Kier molecular flexibility index (Phi) is 3.35. The highest BCUT2D eigenvalue weighted by atomic mass is 19.1. The molecule has 5 nitrogen and oxygen atoms in total. The largest absolute Gasteiger partial charge is 0.406 e. The molecule has 106 valence electrons. The molecule has 0 saturated heterocycles. The van der Waals surface area contributed by atoms with Gasteiger partial charge in [0.2, 0.25) is 5.89 Å². The standard InChI is InChI=1S/C13H14F2N4O/c1-7-2-5-9(14)12(11(7)15)17-13-19-18-10(20-13)6-16-8-3-4-8/h2,5,8,16H,3-4,6H2,1H3,(H,17,19). The van der Waals surface area contributed by atoms with E-state index in [0.717, 1.165) is 12.8 Å². The summed E-state index contributed by atoms with van der Waals surface area (Å²) in [4.78, 5) is 0. The zero-order valence-electron chi connectivity index (χ0n) is 10.9. The lowest BCUT2D eigenvalue weighted by molar-refractivity contribution is 0.477. The molecule has 1 aliphatic carbocycles. The first kappa shape index (κ1) is 13.0. The van der Waals surface area contributed by atoms with Gasteiger partial charge < -0.3 is 15.1 Å². The Bertz CT molecular complexity index is 625. The van der Waals surface area contributed by atoms with Crippen LogP contribution in [0.5, 0.6) is 0 Å². The van der Waals surface area contributed by atoms with Gasteiger partial charge in [-0.3, -0.25) is 0 Å². The van der Waals surface area contributed by atoms with E-state index in [1.54, 1.807) is 6.92 Å².